The first-order chi connectivity index (χ1) is 10.5. The summed E-state index contributed by atoms with van der Waals surface area (Å²) < 4.78 is 18.7. The number of carbonyl (C=O) groups is 1. The average molecular weight is 300 g/mol. The van der Waals surface area contributed by atoms with Crippen LogP contribution in [0.3, 0.4) is 0 Å². The van der Waals surface area contributed by atoms with Crippen molar-refractivity contribution in [1.29, 1.82) is 0 Å². The van der Waals surface area contributed by atoms with Gasteiger partial charge in [0.1, 0.15) is 11.6 Å². The molecule has 4 nitrogen and oxygen atoms in total. The van der Waals surface area contributed by atoms with Crippen molar-refractivity contribution in [3.63, 3.8) is 0 Å². The Kier molecular flexibility index (Phi) is 5.25. The van der Waals surface area contributed by atoms with Crippen molar-refractivity contribution < 1.29 is 13.9 Å². The lowest BCUT2D eigenvalue weighted by Crippen LogP contribution is -2.24. The summed E-state index contributed by atoms with van der Waals surface area (Å²) in [6, 6.07) is 11.9. The maximum absolute atomic E-state index is 13.3. The molecule has 0 aliphatic rings. The zero-order valence-corrected chi connectivity index (χ0v) is 12.5. The van der Waals surface area contributed by atoms with Gasteiger partial charge in [0.05, 0.1) is 6.21 Å². The van der Waals surface area contributed by atoms with Crippen molar-refractivity contribution in [2.75, 3.05) is 6.61 Å². The Labute approximate surface area is 128 Å². The van der Waals surface area contributed by atoms with Crippen LogP contribution < -0.4 is 10.2 Å². The zero-order valence-electron chi connectivity index (χ0n) is 12.5. The molecule has 22 heavy (non-hydrogen) atoms. The van der Waals surface area contributed by atoms with E-state index < -0.39 is 11.7 Å². The average Bonchev–Trinajstić information content (AvgIpc) is 2.46. The van der Waals surface area contributed by atoms with Crippen molar-refractivity contribution >= 4 is 12.1 Å². The van der Waals surface area contributed by atoms with Crippen LogP contribution >= 0.6 is 0 Å². The molecule has 2 aromatic carbocycles. The molecule has 0 saturated heterocycles. The molecule has 0 bridgehead atoms. The van der Waals surface area contributed by atoms with E-state index in [4.69, 9.17) is 4.74 Å². The van der Waals surface area contributed by atoms with E-state index in [1.54, 1.807) is 18.2 Å². The normalized spacial score (nSPS) is 10.7. The molecule has 0 atom stereocenters. The van der Waals surface area contributed by atoms with E-state index in [0.29, 0.717) is 11.3 Å². The van der Waals surface area contributed by atoms with E-state index in [2.05, 4.69) is 10.5 Å². The molecule has 5 heteroatoms. The lowest BCUT2D eigenvalue weighted by atomic mass is 10.1. The Morgan fingerprint density at radius 2 is 1.91 bits per heavy atom. The van der Waals surface area contributed by atoms with E-state index in [0.717, 1.165) is 11.1 Å². The quantitative estimate of drug-likeness (QED) is 0.682. The van der Waals surface area contributed by atoms with Crippen molar-refractivity contribution in [2.45, 2.75) is 13.8 Å². The smallest absolute Gasteiger partial charge is 0.277 e. The predicted octanol–water partition coefficient (Wildman–Crippen LogP) is 2.97. The first-order valence-corrected chi connectivity index (χ1v) is 6.82. The Hall–Kier alpha value is -2.69. The second-order valence-corrected chi connectivity index (χ2v) is 4.93. The third-order valence-electron chi connectivity index (χ3n) is 2.86. The van der Waals surface area contributed by atoms with Crippen molar-refractivity contribution in [1.82, 2.24) is 5.43 Å². The summed E-state index contributed by atoms with van der Waals surface area (Å²) in [5, 5.41) is 3.71. The molecular formula is C17H17FN2O2. The fourth-order valence-corrected chi connectivity index (χ4v) is 1.95. The van der Waals surface area contributed by atoms with Gasteiger partial charge in [0.25, 0.3) is 5.91 Å². The summed E-state index contributed by atoms with van der Waals surface area (Å²) >= 11 is 0. The second kappa shape index (κ2) is 7.36. The number of hydrogen-bond donors (Lipinski definition) is 1. The molecular weight excluding hydrogens is 283 g/mol. The van der Waals surface area contributed by atoms with Crippen LogP contribution in [0.2, 0.25) is 0 Å². The lowest BCUT2D eigenvalue weighted by molar-refractivity contribution is -0.123. The Balaban J connectivity index is 1.84. The molecule has 1 N–H and O–H groups in total. The first-order valence-electron chi connectivity index (χ1n) is 6.82. The van der Waals surface area contributed by atoms with Gasteiger partial charge in [0.15, 0.2) is 6.61 Å². The molecule has 0 spiro atoms. The number of aryl methyl sites for hydroxylation is 2. The van der Waals surface area contributed by atoms with Crippen LogP contribution in [0.25, 0.3) is 0 Å². The van der Waals surface area contributed by atoms with Gasteiger partial charge in [0.2, 0.25) is 0 Å². The summed E-state index contributed by atoms with van der Waals surface area (Å²) in [7, 11) is 0. The molecule has 0 heterocycles. The number of nitrogens with one attached hydrogen (secondary N) is 1. The van der Waals surface area contributed by atoms with Crippen molar-refractivity contribution in [3.05, 3.63) is 65.0 Å². The van der Waals surface area contributed by atoms with Crippen LogP contribution in [0.4, 0.5) is 4.39 Å². The molecule has 114 valence electrons. The van der Waals surface area contributed by atoms with Gasteiger partial charge in [-0.15, -0.1) is 0 Å². The van der Waals surface area contributed by atoms with E-state index in [1.165, 1.54) is 12.3 Å². The monoisotopic (exact) mass is 300 g/mol. The molecule has 0 fully saturated rings. The highest BCUT2D eigenvalue weighted by molar-refractivity contribution is 5.83. The van der Waals surface area contributed by atoms with E-state index in [1.807, 2.05) is 32.0 Å². The largest absolute Gasteiger partial charge is 0.484 e. The summed E-state index contributed by atoms with van der Waals surface area (Å²) in [5.41, 5.74) is 4.73. The molecule has 0 radical (unpaired) electrons. The number of amides is 1. The van der Waals surface area contributed by atoms with Gasteiger partial charge >= 0.3 is 0 Å². The molecule has 2 aromatic rings. The van der Waals surface area contributed by atoms with Crippen LogP contribution in [0.1, 0.15) is 16.7 Å². The summed E-state index contributed by atoms with van der Waals surface area (Å²) in [6.07, 6.45) is 1.25. The topological polar surface area (TPSA) is 50.7 Å². The number of benzene rings is 2. The highest BCUT2D eigenvalue weighted by atomic mass is 19.1. The minimum Gasteiger partial charge on any atom is -0.484 e. The second-order valence-electron chi connectivity index (χ2n) is 4.93. The number of hydrogen-bond acceptors (Lipinski definition) is 3. The van der Waals surface area contributed by atoms with Crippen LogP contribution in [-0.4, -0.2) is 18.7 Å². The van der Waals surface area contributed by atoms with Gasteiger partial charge in [-0.2, -0.15) is 5.10 Å². The van der Waals surface area contributed by atoms with E-state index in [9.17, 15) is 9.18 Å². The molecule has 0 aliphatic carbocycles. The highest BCUT2D eigenvalue weighted by Gasteiger charge is 2.03. The predicted molar refractivity (Wildman–Crippen MR) is 83.5 cm³/mol. The Morgan fingerprint density at radius 3 is 2.59 bits per heavy atom. The van der Waals surface area contributed by atoms with Gasteiger partial charge in [0, 0.05) is 5.56 Å². The molecule has 0 aromatic heterocycles. The van der Waals surface area contributed by atoms with Gasteiger partial charge in [-0.25, -0.2) is 9.82 Å². The van der Waals surface area contributed by atoms with Gasteiger partial charge < -0.3 is 4.74 Å². The summed E-state index contributed by atoms with van der Waals surface area (Å²) in [6.45, 7) is 3.76. The molecule has 0 unspecified atom stereocenters. The van der Waals surface area contributed by atoms with E-state index in [-0.39, 0.29) is 6.61 Å². The molecule has 2 rings (SSSR count). The molecule has 1 amide bonds. The number of hydrazone groups is 1. The lowest BCUT2D eigenvalue weighted by Gasteiger charge is -2.07. The van der Waals surface area contributed by atoms with Crippen molar-refractivity contribution in [2.24, 2.45) is 5.10 Å². The maximum atomic E-state index is 13.3. The maximum Gasteiger partial charge on any atom is 0.277 e. The summed E-state index contributed by atoms with van der Waals surface area (Å²) in [4.78, 5) is 11.6. The Bertz CT molecular complexity index is 679. The fraction of sp³-hybridized carbons (Fsp3) is 0.176. The minimum absolute atomic E-state index is 0.155. The fourth-order valence-electron chi connectivity index (χ4n) is 1.95. The number of nitrogens with zero attached hydrogens (tertiary/aromatic N) is 1. The third-order valence-corrected chi connectivity index (χ3v) is 2.86. The standard InChI is InChI=1S/C17H17FN2O2/c1-12-7-13(2)9-15(8-12)22-11-17(21)20-19-10-14-5-3-4-6-16(14)18/h3-10H,11H2,1-2H3,(H,20,21)/b19-10-. The number of halogens is 1. The highest BCUT2D eigenvalue weighted by Crippen LogP contribution is 2.15. The SMILES string of the molecule is Cc1cc(C)cc(OCC(=O)N/N=C\c2ccccc2F)c1. The first kappa shape index (κ1) is 15.7. The van der Waals surface area contributed by atoms with Crippen LogP contribution in [0, 0.1) is 19.7 Å². The number of ether oxygens (including phenoxy) is 1. The van der Waals surface area contributed by atoms with Gasteiger partial charge in [-0.3, -0.25) is 4.79 Å². The van der Waals surface area contributed by atoms with Gasteiger partial charge in [-0.1, -0.05) is 24.3 Å². The van der Waals surface area contributed by atoms with Crippen LogP contribution in [0.5, 0.6) is 5.75 Å². The van der Waals surface area contributed by atoms with Crippen LogP contribution in [0.15, 0.2) is 47.6 Å². The number of rotatable bonds is 5. The molecule has 0 aliphatic heterocycles. The van der Waals surface area contributed by atoms with E-state index >= 15 is 0 Å². The van der Waals surface area contributed by atoms with Crippen molar-refractivity contribution in [3.8, 4) is 5.75 Å². The van der Waals surface area contributed by atoms with Crippen LogP contribution in [-0.2, 0) is 4.79 Å². The minimum atomic E-state index is -0.410. The Morgan fingerprint density at radius 1 is 1.23 bits per heavy atom. The third kappa shape index (κ3) is 4.70. The molecule has 0 saturated carbocycles. The summed E-state index contributed by atoms with van der Waals surface area (Å²) in [5.74, 6) is -0.176. The van der Waals surface area contributed by atoms with Gasteiger partial charge in [-0.05, 0) is 43.2 Å². The zero-order chi connectivity index (χ0) is 15.9. The number of carbonyl (C=O) groups excluding carboxylic acids is 1.